The Morgan fingerprint density at radius 3 is 2.21 bits per heavy atom. The summed E-state index contributed by atoms with van der Waals surface area (Å²) in [5.74, 6) is -1.12. The lowest BCUT2D eigenvalue weighted by Crippen LogP contribution is -2.48. The van der Waals surface area contributed by atoms with Crippen LogP contribution in [0.4, 0.5) is 13.2 Å². The third-order valence-corrected chi connectivity index (χ3v) is 12.4. The van der Waals surface area contributed by atoms with Crippen molar-refractivity contribution < 1.29 is 23.1 Å². The minimum absolute atomic E-state index is 0.0133. The van der Waals surface area contributed by atoms with E-state index < -0.39 is 44.6 Å². The van der Waals surface area contributed by atoms with Gasteiger partial charge in [-0.3, -0.25) is 4.79 Å². The van der Waals surface area contributed by atoms with Gasteiger partial charge in [-0.05, 0) is 40.4 Å². The fraction of sp³-hybridized carbons (Fsp3) is 0.632. The molecule has 1 aromatic rings. The number of aliphatic hydroxyl groups is 1. The lowest BCUT2D eigenvalue weighted by molar-refractivity contribution is -0.119. The zero-order valence-corrected chi connectivity index (χ0v) is 19.1. The third kappa shape index (κ3) is 5.79. The predicted molar refractivity (Wildman–Crippen MR) is 111 cm³/mol. The Morgan fingerprint density at radius 2 is 1.79 bits per heavy atom. The minimum atomic E-state index is -2.87. The Morgan fingerprint density at radius 1 is 1.21 bits per heavy atom. The van der Waals surface area contributed by atoms with Crippen LogP contribution in [-0.2, 0) is 11.2 Å². The van der Waals surface area contributed by atoms with Crippen LogP contribution in [0.15, 0.2) is 16.7 Å². The molecule has 159 valence electrons. The number of carbonyl (C=O) groups is 1. The van der Waals surface area contributed by atoms with Gasteiger partial charge in [0.1, 0.15) is 16.7 Å². The number of hydrogen-bond acceptors (Lipinski definition) is 3. The normalized spacial score (nSPS) is 14.5. The van der Waals surface area contributed by atoms with Crippen LogP contribution >= 0.6 is 15.9 Å². The van der Waals surface area contributed by atoms with E-state index in [9.17, 15) is 18.7 Å². The lowest BCUT2D eigenvalue weighted by atomic mass is 9.96. The number of nitrogens with two attached hydrogens (primary N) is 1. The first-order chi connectivity index (χ1) is 13.2. The Balaban J connectivity index is 3.11. The number of hydrogen-bond donors (Lipinski definition) is 2. The van der Waals surface area contributed by atoms with E-state index in [1.807, 2.05) is 20.8 Å². The molecule has 28 heavy (non-hydrogen) atoms. The first-order valence-corrected chi connectivity index (χ1v) is 13.0. The van der Waals surface area contributed by atoms with E-state index in [1.165, 1.54) is 0 Å². The van der Waals surface area contributed by atoms with E-state index in [-0.39, 0.29) is 18.5 Å². The topological polar surface area (TPSA) is 76.2 Å². The van der Waals surface area contributed by atoms with Crippen LogP contribution in [0, 0.1) is 5.92 Å². The molecule has 4 nitrogen and oxygen atoms in total. The zero-order valence-electron chi connectivity index (χ0n) is 16.5. The molecule has 1 heterocycles. The number of nitrogens with zero attached hydrogens (tertiary/aromatic N) is 1. The number of carbonyl (C=O) groups excluding carboxylic acids is 1. The number of amides is 1. The maximum atomic E-state index is 15.2. The fourth-order valence-corrected chi connectivity index (χ4v) is 8.59. The van der Waals surface area contributed by atoms with Crippen molar-refractivity contribution in [3.8, 4) is 0 Å². The number of rotatable bonds is 12. The largest absolute Gasteiger partial charge is 0.395 e. The molecular weight excluding hydrogens is 453 g/mol. The van der Waals surface area contributed by atoms with Gasteiger partial charge in [-0.2, -0.15) is 0 Å². The molecule has 0 saturated heterocycles. The predicted octanol–water partition coefficient (Wildman–Crippen LogP) is 4.66. The monoisotopic (exact) mass is 481 g/mol. The van der Waals surface area contributed by atoms with Gasteiger partial charge in [-0.15, -0.1) is 0 Å². The summed E-state index contributed by atoms with van der Waals surface area (Å²) in [6.07, 6.45) is -4.20. The van der Waals surface area contributed by atoms with E-state index in [1.54, 1.807) is 12.1 Å². The molecule has 2 atom stereocenters. The Kier molecular flexibility index (Phi) is 10.1. The van der Waals surface area contributed by atoms with Crippen molar-refractivity contribution >= 4 is 29.9 Å². The van der Waals surface area contributed by atoms with Crippen molar-refractivity contribution in [2.75, 3.05) is 6.61 Å². The average Bonchev–Trinajstić information content (AvgIpc) is 2.65. The summed E-state index contributed by atoms with van der Waals surface area (Å²) in [6, 6.07) is 5.44. The lowest BCUT2D eigenvalue weighted by Gasteiger charge is -2.37. The van der Waals surface area contributed by atoms with Gasteiger partial charge in [-0.1, -0.05) is 45.0 Å². The van der Waals surface area contributed by atoms with Gasteiger partial charge in [0.15, 0.2) is 0 Å². The van der Waals surface area contributed by atoms with Crippen LogP contribution in [0.3, 0.4) is 0 Å². The number of aryl methyl sites for hydroxylation is 1. The summed E-state index contributed by atoms with van der Waals surface area (Å²) in [5, 5.41) is 9.30. The second-order valence-electron chi connectivity index (χ2n) is 6.98. The molecule has 0 aliphatic carbocycles. The van der Waals surface area contributed by atoms with Crippen molar-refractivity contribution in [2.45, 2.75) is 69.9 Å². The summed E-state index contributed by atoms with van der Waals surface area (Å²) in [5.41, 5.74) is 5.15. The quantitative estimate of drug-likeness (QED) is 0.336. The van der Waals surface area contributed by atoms with Gasteiger partial charge < -0.3 is 10.8 Å². The Labute approximate surface area is 174 Å². The van der Waals surface area contributed by atoms with Crippen LogP contribution in [0.25, 0.3) is 0 Å². The highest BCUT2D eigenvalue weighted by molar-refractivity contribution is 9.10. The number of halogens is 4. The summed E-state index contributed by atoms with van der Waals surface area (Å²) < 4.78 is 42.0. The average molecular weight is 482 g/mol. The molecule has 1 rings (SSSR count). The summed E-state index contributed by atoms with van der Waals surface area (Å²) in [4.78, 5) is 16.1. The number of pyridine rings is 1. The second kappa shape index (κ2) is 11.3. The highest BCUT2D eigenvalue weighted by Gasteiger charge is 2.44. The minimum Gasteiger partial charge on any atom is -0.395 e. The van der Waals surface area contributed by atoms with Gasteiger partial charge >= 0.3 is 0 Å². The molecule has 0 bridgehead atoms. The molecule has 0 spiro atoms. The van der Waals surface area contributed by atoms with E-state index in [0.717, 1.165) is 18.1 Å². The molecule has 1 radical (unpaired) electrons. The summed E-state index contributed by atoms with van der Waals surface area (Å²) in [6.45, 7) is 5.09. The Bertz CT molecular complexity index is 639. The fourth-order valence-electron chi connectivity index (χ4n) is 3.92. The van der Waals surface area contributed by atoms with Gasteiger partial charge in [-0.25, -0.2) is 18.2 Å². The molecule has 0 saturated carbocycles. The standard InChI is InChI=1S/C19H29BrF3N2O2Si/c1-4-28(5-2,6-3)17(19(24)27)14(21)9-7-12-8-10-15(20)25-16(12)13(11-26)18(22)23/h8,10,14,17-18,26H,4-7,9,11H2,1-3H3,(H2,24,27)/t14?,17-/m1/s1. The number of primary amides is 1. The SMILES string of the molecule is CC[Si](CC)(CC)[C@@H](C(N)=O)C(F)CCc1ccc(Br)nc1[C](CO)C(F)F. The summed E-state index contributed by atoms with van der Waals surface area (Å²) in [7, 11) is -2.22. The van der Waals surface area contributed by atoms with Crippen LogP contribution in [0.1, 0.15) is 38.4 Å². The van der Waals surface area contributed by atoms with Crippen molar-refractivity contribution in [1.29, 1.82) is 0 Å². The first-order valence-electron chi connectivity index (χ1n) is 9.51. The molecule has 0 aliphatic rings. The van der Waals surface area contributed by atoms with Gasteiger partial charge in [0.25, 0.3) is 6.43 Å². The van der Waals surface area contributed by atoms with Crippen LogP contribution in [0.2, 0.25) is 23.7 Å². The van der Waals surface area contributed by atoms with Crippen molar-refractivity contribution in [3.05, 3.63) is 33.9 Å². The highest BCUT2D eigenvalue weighted by Crippen LogP contribution is 2.39. The smallest absolute Gasteiger partial charge is 0.253 e. The third-order valence-electron chi connectivity index (χ3n) is 5.81. The van der Waals surface area contributed by atoms with Crippen LogP contribution in [-0.4, -0.2) is 43.3 Å². The molecular formula is C19H29BrF3N2O2Si. The second-order valence-corrected chi connectivity index (χ2v) is 13.3. The molecule has 0 aromatic carbocycles. The van der Waals surface area contributed by atoms with E-state index in [0.29, 0.717) is 10.2 Å². The Hall–Kier alpha value is -0.933. The molecule has 1 aromatic heterocycles. The molecule has 0 fully saturated rings. The molecule has 1 unspecified atom stereocenters. The van der Waals surface area contributed by atoms with Gasteiger partial charge in [0, 0.05) is 0 Å². The summed E-state index contributed by atoms with van der Waals surface area (Å²) >= 11 is 3.14. The highest BCUT2D eigenvalue weighted by atomic mass is 79.9. The first kappa shape index (κ1) is 25.1. The number of aromatic nitrogens is 1. The maximum absolute atomic E-state index is 15.2. The maximum Gasteiger partial charge on any atom is 0.253 e. The van der Waals surface area contributed by atoms with Gasteiger partial charge in [0.2, 0.25) is 5.91 Å². The molecule has 0 aliphatic heterocycles. The molecule has 1 amide bonds. The number of aliphatic hydroxyl groups excluding tert-OH is 1. The zero-order chi connectivity index (χ0) is 21.5. The van der Waals surface area contributed by atoms with Crippen molar-refractivity contribution in [2.24, 2.45) is 5.73 Å². The van der Waals surface area contributed by atoms with Crippen molar-refractivity contribution in [3.63, 3.8) is 0 Å². The van der Waals surface area contributed by atoms with E-state index in [2.05, 4.69) is 20.9 Å². The molecule has 9 heteroatoms. The van der Waals surface area contributed by atoms with Crippen LogP contribution < -0.4 is 5.73 Å². The van der Waals surface area contributed by atoms with E-state index in [4.69, 9.17) is 5.73 Å². The van der Waals surface area contributed by atoms with E-state index >= 15 is 4.39 Å². The van der Waals surface area contributed by atoms with Crippen molar-refractivity contribution in [1.82, 2.24) is 4.98 Å². The van der Waals surface area contributed by atoms with Gasteiger partial charge in [0.05, 0.1) is 25.9 Å². The number of alkyl halides is 3. The molecule has 3 N–H and O–H groups in total. The van der Waals surface area contributed by atoms with Crippen LogP contribution in [0.5, 0.6) is 0 Å².